The van der Waals surface area contributed by atoms with Crippen LogP contribution in [0.4, 0.5) is 0 Å². The molecule has 0 aliphatic rings. The van der Waals surface area contributed by atoms with Crippen LogP contribution in [0.1, 0.15) is 16.8 Å². The Morgan fingerprint density at radius 1 is 1.43 bits per heavy atom. The molecule has 0 amide bonds. The van der Waals surface area contributed by atoms with E-state index in [-0.39, 0.29) is 17.3 Å². The van der Waals surface area contributed by atoms with Gasteiger partial charge in [-0.05, 0) is 17.7 Å². The van der Waals surface area contributed by atoms with Crippen molar-refractivity contribution in [2.24, 2.45) is 12.8 Å². The lowest BCUT2D eigenvalue weighted by atomic mass is 10.1. The average Bonchev–Trinajstić information content (AvgIpc) is 2.82. The minimum absolute atomic E-state index is 0.124. The van der Waals surface area contributed by atoms with Gasteiger partial charge in [-0.25, -0.2) is 13.1 Å². The Kier molecular flexibility index (Phi) is 4.71. The number of nitrogens with two attached hydrogens (primary N) is 1. The van der Waals surface area contributed by atoms with Gasteiger partial charge >= 0.3 is 0 Å². The van der Waals surface area contributed by atoms with Gasteiger partial charge in [-0.1, -0.05) is 30.4 Å². The lowest BCUT2D eigenvalue weighted by molar-refractivity contribution is 0.576. The molecule has 0 saturated heterocycles. The summed E-state index contributed by atoms with van der Waals surface area (Å²) in [5.74, 6) is -0.124. The molecule has 21 heavy (non-hydrogen) atoms. The van der Waals surface area contributed by atoms with Gasteiger partial charge in [0.15, 0.2) is 0 Å². The van der Waals surface area contributed by atoms with Crippen molar-refractivity contribution in [3.05, 3.63) is 53.3 Å². The maximum absolute atomic E-state index is 12.1. The van der Waals surface area contributed by atoms with E-state index in [9.17, 15) is 8.42 Å². The second kappa shape index (κ2) is 6.33. The van der Waals surface area contributed by atoms with E-state index in [0.29, 0.717) is 11.1 Å². The number of nitrogens with zero attached hydrogens (tertiary/aromatic N) is 2. The fourth-order valence-corrected chi connectivity index (χ4v) is 3.06. The molecule has 3 N–H and O–H groups in total. The van der Waals surface area contributed by atoms with Gasteiger partial charge in [0.2, 0.25) is 10.0 Å². The molecule has 0 aliphatic heterocycles. The van der Waals surface area contributed by atoms with Crippen molar-refractivity contribution < 1.29 is 8.42 Å². The third kappa shape index (κ3) is 4.35. The van der Waals surface area contributed by atoms with Crippen LogP contribution < -0.4 is 10.5 Å². The van der Waals surface area contributed by atoms with Crippen LogP contribution in [0.15, 0.2) is 36.5 Å². The zero-order chi connectivity index (χ0) is 15.5. The van der Waals surface area contributed by atoms with E-state index < -0.39 is 10.0 Å². The van der Waals surface area contributed by atoms with Crippen molar-refractivity contribution in [3.8, 4) is 0 Å². The van der Waals surface area contributed by atoms with Crippen molar-refractivity contribution in [3.63, 3.8) is 0 Å². The van der Waals surface area contributed by atoms with Crippen LogP contribution >= 0.6 is 12.2 Å². The first kappa shape index (κ1) is 15.6. The summed E-state index contributed by atoms with van der Waals surface area (Å²) in [6, 6.07) is 8.66. The van der Waals surface area contributed by atoms with Crippen molar-refractivity contribution >= 4 is 27.2 Å². The number of hydrogen-bond donors (Lipinski definition) is 2. The molecular weight excluding hydrogens is 308 g/mol. The number of nitrogens with one attached hydrogen (secondary N) is 1. The molecule has 0 aliphatic carbocycles. The number of sulfonamides is 1. The molecule has 8 heteroatoms. The second-order valence-electron chi connectivity index (χ2n) is 4.59. The Balaban J connectivity index is 2.05. The summed E-state index contributed by atoms with van der Waals surface area (Å²) < 4.78 is 28.3. The maximum atomic E-state index is 12.1. The summed E-state index contributed by atoms with van der Waals surface area (Å²) in [6.07, 6.45) is 1.62. The zero-order valence-electron chi connectivity index (χ0n) is 11.5. The number of benzene rings is 1. The van der Waals surface area contributed by atoms with Gasteiger partial charge in [0.05, 0.1) is 18.0 Å². The molecule has 6 nitrogen and oxygen atoms in total. The van der Waals surface area contributed by atoms with E-state index in [0.717, 1.165) is 5.69 Å². The van der Waals surface area contributed by atoms with Crippen LogP contribution in [-0.4, -0.2) is 23.2 Å². The molecule has 2 aromatic rings. The first-order valence-corrected chi connectivity index (χ1v) is 8.26. The molecule has 0 bridgehead atoms. The highest BCUT2D eigenvalue weighted by atomic mass is 32.2. The third-order valence-electron chi connectivity index (χ3n) is 2.96. The first-order valence-electron chi connectivity index (χ1n) is 6.20. The van der Waals surface area contributed by atoms with Gasteiger partial charge in [-0.3, -0.25) is 4.68 Å². The van der Waals surface area contributed by atoms with Crippen LogP contribution in [0.5, 0.6) is 0 Å². The fraction of sp³-hybridized carbons (Fsp3) is 0.231. The highest BCUT2D eigenvalue weighted by Crippen LogP contribution is 2.09. The Hall–Kier alpha value is -1.77. The molecule has 0 radical (unpaired) electrons. The molecule has 0 spiro atoms. The molecular formula is C13H16N4O2S2. The van der Waals surface area contributed by atoms with Gasteiger partial charge in [-0.2, -0.15) is 5.10 Å². The SMILES string of the molecule is Cn1nccc1CNS(=O)(=O)Cc1cccc(C(N)=S)c1. The minimum atomic E-state index is -3.45. The smallest absolute Gasteiger partial charge is 0.216 e. The molecule has 0 fully saturated rings. The van der Waals surface area contributed by atoms with Crippen LogP contribution in [0.2, 0.25) is 0 Å². The Morgan fingerprint density at radius 3 is 2.81 bits per heavy atom. The normalized spacial score (nSPS) is 11.5. The number of aryl methyl sites for hydroxylation is 1. The summed E-state index contributed by atoms with van der Waals surface area (Å²) in [4.78, 5) is 0.247. The van der Waals surface area contributed by atoms with Crippen LogP contribution in [0, 0.1) is 0 Å². The minimum Gasteiger partial charge on any atom is -0.389 e. The Morgan fingerprint density at radius 2 is 2.19 bits per heavy atom. The van der Waals surface area contributed by atoms with Gasteiger partial charge in [-0.15, -0.1) is 0 Å². The van der Waals surface area contributed by atoms with E-state index in [1.807, 2.05) is 0 Å². The second-order valence-corrected chi connectivity index (χ2v) is 6.84. The molecule has 1 aromatic carbocycles. The summed E-state index contributed by atoms with van der Waals surface area (Å²) >= 11 is 4.89. The highest BCUT2D eigenvalue weighted by molar-refractivity contribution is 7.88. The zero-order valence-corrected chi connectivity index (χ0v) is 13.1. The number of aromatic nitrogens is 2. The number of thiocarbonyl (C=S) groups is 1. The van der Waals surface area contributed by atoms with E-state index in [2.05, 4.69) is 9.82 Å². The summed E-state index contributed by atoms with van der Waals surface area (Å²) in [5.41, 5.74) is 7.62. The number of rotatable bonds is 6. The molecule has 1 heterocycles. The maximum Gasteiger partial charge on any atom is 0.216 e. The topological polar surface area (TPSA) is 90.0 Å². The van der Waals surface area contributed by atoms with Gasteiger partial charge < -0.3 is 5.73 Å². The number of hydrogen-bond acceptors (Lipinski definition) is 4. The lowest BCUT2D eigenvalue weighted by Gasteiger charge is -2.08. The summed E-state index contributed by atoms with van der Waals surface area (Å²) in [6.45, 7) is 0.202. The Labute approximate surface area is 129 Å². The van der Waals surface area contributed by atoms with Gasteiger partial charge in [0.1, 0.15) is 4.99 Å². The van der Waals surface area contributed by atoms with E-state index >= 15 is 0 Å². The van der Waals surface area contributed by atoms with Crippen LogP contribution in [0.3, 0.4) is 0 Å². The van der Waals surface area contributed by atoms with Crippen molar-refractivity contribution in [2.75, 3.05) is 0 Å². The summed E-state index contributed by atoms with van der Waals surface area (Å²) in [5, 5.41) is 3.99. The molecule has 0 saturated carbocycles. The van der Waals surface area contributed by atoms with Crippen LogP contribution in [0.25, 0.3) is 0 Å². The van der Waals surface area contributed by atoms with Crippen LogP contribution in [-0.2, 0) is 29.4 Å². The summed E-state index contributed by atoms with van der Waals surface area (Å²) in [7, 11) is -1.69. The predicted molar refractivity (Wildman–Crippen MR) is 85.0 cm³/mol. The Bertz CT molecular complexity index is 753. The monoisotopic (exact) mass is 324 g/mol. The quantitative estimate of drug-likeness (QED) is 0.763. The van der Waals surface area contributed by atoms with Crippen molar-refractivity contribution in [1.82, 2.24) is 14.5 Å². The van der Waals surface area contributed by atoms with E-state index in [1.54, 1.807) is 48.3 Å². The molecule has 0 atom stereocenters. The van der Waals surface area contributed by atoms with Gasteiger partial charge in [0, 0.05) is 18.8 Å². The standard InChI is InChI=1S/C13H16N4O2S2/c1-17-12(5-6-15-17)8-16-21(18,19)9-10-3-2-4-11(7-10)13(14)20/h2-7,16H,8-9H2,1H3,(H2,14,20). The van der Waals surface area contributed by atoms with E-state index in [4.69, 9.17) is 18.0 Å². The molecule has 0 unspecified atom stereocenters. The largest absolute Gasteiger partial charge is 0.389 e. The van der Waals surface area contributed by atoms with Crippen molar-refractivity contribution in [1.29, 1.82) is 0 Å². The first-order chi connectivity index (χ1) is 9.87. The fourth-order valence-electron chi connectivity index (χ4n) is 1.84. The molecule has 1 aromatic heterocycles. The van der Waals surface area contributed by atoms with E-state index in [1.165, 1.54) is 0 Å². The highest BCUT2D eigenvalue weighted by Gasteiger charge is 2.13. The lowest BCUT2D eigenvalue weighted by Crippen LogP contribution is -2.25. The third-order valence-corrected chi connectivity index (χ3v) is 4.50. The predicted octanol–water partition coefficient (Wildman–Crippen LogP) is 0.674. The van der Waals surface area contributed by atoms with Gasteiger partial charge in [0.25, 0.3) is 0 Å². The average molecular weight is 324 g/mol. The molecule has 2 rings (SSSR count). The van der Waals surface area contributed by atoms with Crippen molar-refractivity contribution in [2.45, 2.75) is 12.3 Å². The molecule has 112 valence electrons.